The van der Waals surface area contributed by atoms with Gasteiger partial charge in [-0.05, 0) is 25.1 Å². The Hall–Kier alpha value is -1.75. The van der Waals surface area contributed by atoms with E-state index in [-0.39, 0.29) is 12.1 Å². The van der Waals surface area contributed by atoms with Gasteiger partial charge in [-0.25, -0.2) is 8.78 Å². The standard InChI is InChI=1S/C14H17F2N3/c1-2-6-17-7-11-8-18-19(9-11)10-12-13(15)4-3-5-14(12)16/h3-5,8-9,17H,2,6-7,10H2,1H3. The summed E-state index contributed by atoms with van der Waals surface area (Å²) < 4.78 is 28.5. The quantitative estimate of drug-likeness (QED) is 0.814. The number of hydrogen-bond donors (Lipinski definition) is 1. The van der Waals surface area contributed by atoms with Crippen molar-refractivity contribution >= 4 is 0 Å². The van der Waals surface area contributed by atoms with E-state index in [1.807, 2.05) is 0 Å². The minimum Gasteiger partial charge on any atom is -0.313 e. The van der Waals surface area contributed by atoms with E-state index in [1.165, 1.54) is 18.2 Å². The second kappa shape index (κ2) is 6.43. The Labute approximate surface area is 111 Å². The van der Waals surface area contributed by atoms with Crippen molar-refractivity contribution in [2.75, 3.05) is 6.54 Å². The lowest BCUT2D eigenvalue weighted by atomic mass is 10.2. The number of hydrogen-bond acceptors (Lipinski definition) is 2. The first kappa shape index (κ1) is 13.7. The maximum atomic E-state index is 13.5. The van der Waals surface area contributed by atoms with Gasteiger partial charge in [-0.15, -0.1) is 0 Å². The highest BCUT2D eigenvalue weighted by atomic mass is 19.1. The van der Waals surface area contributed by atoms with Crippen LogP contribution >= 0.6 is 0 Å². The summed E-state index contributed by atoms with van der Waals surface area (Å²) >= 11 is 0. The number of nitrogens with zero attached hydrogens (tertiary/aromatic N) is 2. The third-order valence-electron chi connectivity index (χ3n) is 2.82. The zero-order valence-corrected chi connectivity index (χ0v) is 10.9. The maximum absolute atomic E-state index is 13.5. The fourth-order valence-electron chi connectivity index (χ4n) is 1.84. The average Bonchev–Trinajstić information content (AvgIpc) is 2.82. The summed E-state index contributed by atoms with van der Waals surface area (Å²) in [5, 5.41) is 7.37. The van der Waals surface area contributed by atoms with Crippen LogP contribution in [0.3, 0.4) is 0 Å². The molecule has 0 spiro atoms. The molecular weight excluding hydrogens is 248 g/mol. The fourth-order valence-corrected chi connectivity index (χ4v) is 1.84. The average molecular weight is 265 g/mol. The molecule has 0 aliphatic carbocycles. The van der Waals surface area contributed by atoms with E-state index in [0.717, 1.165) is 18.5 Å². The van der Waals surface area contributed by atoms with Gasteiger partial charge >= 0.3 is 0 Å². The molecule has 102 valence electrons. The van der Waals surface area contributed by atoms with Gasteiger partial charge in [-0.3, -0.25) is 4.68 Å². The van der Waals surface area contributed by atoms with Crippen LogP contribution in [-0.4, -0.2) is 16.3 Å². The summed E-state index contributed by atoms with van der Waals surface area (Å²) in [6, 6.07) is 3.87. The molecule has 0 unspecified atom stereocenters. The summed E-state index contributed by atoms with van der Waals surface area (Å²) in [5.41, 5.74) is 1.05. The van der Waals surface area contributed by atoms with Crippen LogP contribution in [0.4, 0.5) is 8.78 Å². The molecule has 1 aromatic heterocycles. The van der Waals surface area contributed by atoms with Crippen molar-refractivity contribution in [2.24, 2.45) is 0 Å². The monoisotopic (exact) mass is 265 g/mol. The van der Waals surface area contributed by atoms with Gasteiger partial charge in [0, 0.05) is 23.9 Å². The first-order valence-electron chi connectivity index (χ1n) is 6.35. The maximum Gasteiger partial charge on any atom is 0.131 e. The lowest BCUT2D eigenvalue weighted by Crippen LogP contribution is -2.13. The van der Waals surface area contributed by atoms with Crippen molar-refractivity contribution in [3.8, 4) is 0 Å². The first-order valence-corrected chi connectivity index (χ1v) is 6.35. The zero-order chi connectivity index (χ0) is 13.7. The predicted molar refractivity (Wildman–Crippen MR) is 69.7 cm³/mol. The van der Waals surface area contributed by atoms with E-state index < -0.39 is 11.6 Å². The van der Waals surface area contributed by atoms with Crippen LogP contribution in [0.15, 0.2) is 30.6 Å². The third-order valence-corrected chi connectivity index (χ3v) is 2.82. The van der Waals surface area contributed by atoms with E-state index in [9.17, 15) is 8.78 Å². The van der Waals surface area contributed by atoms with Crippen LogP contribution in [0.25, 0.3) is 0 Å². The van der Waals surface area contributed by atoms with Crippen LogP contribution in [0.5, 0.6) is 0 Å². The van der Waals surface area contributed by atoms with Gasteiger partial charge in [0.05, 0.1) is 12.7 Å². The van der Waals surface area contributed by atoms with Gasteiger partial charge in [0.25, 0.3) is 0 Å². The van der Waals surface area contributed by atoms with Crippen LogP contribution in [0, 0.1) is 11.6 Å². The topological polar surface area (TPSA) is 29.9 Å². The summed E-state index contributed by atoms with van der Waals surface area (Å²) in [6.07, 6.45) is 4.57. The molecule has 2 aromatic rings. The Morgan fingerprint density at radius 1 is 1.26 bits per heavy atom. The summed E-state index contributed by atoms with van der Waals surface area (Å²) in [7, 11) is 0. The SMILES string of the molecule is CCCNCc1cnn(Cc2c(F)cccc2F)c1. The lowest BCUT2D eigenvalue weighted by molar-refractivity contribution is 0.532. The van der Waals surface area contributed by atoms with Gasteiger partial charge in [-0.1, -0.05) is 13.0 Å². The molecule has 0 fully saturated rings. The molecule has 0 aliphatic rings. The van der Waals surface area contributed by atoms with E-state index >= 15 is 0 Å². The summed E-state index contributed by atoms with van der Waals surface area (Å²) in [5.74, 6) is -1.08. The summed E-state index contributed by atoms with van der Waals surface area (Å²) in [6.45, 7) is 3.85. The summed E-state index contributed by atoms with van der Waals surface area (Å²) in [4.78, 5) is 0. The molecule has 0 radical (unpaired) electrons. The van der Waals surface area contributed by atoms with Gasteiger partial charge in [0.15, 0.2) is 0 Å². The van der Waals surface area contributed by atoms with Crippen molar-refractivity contribution in [1.29, 1.82) is 0 Å². The number of aromatic nitrogens is 2. The highest BCUT2D eigenvalue weighted by Crippen LogP contribution is 2.13. The molecule has 1 N–H and O–H groups in total. The van der Waals surface area contributed by atoms with Crippen molar-refractivity contribution < 1.29 is 8.78 Å². The van der Waals surface area contributed by atoms with Gasteiger partial charge in [0.1, 0.15) is 11.6 Å². The second-order valence-electron chi connectivity index (χ2n) is 4.42. The second-order valence-corrected chi connectivity index (χ2v) is 4.42. The number of halogens is 2. The van der Waals surface area contributed by atoms with Crippen LogP contribution in [0.1, 0.15) is 24.5 Å². The van der Waals surface area contributed by atoms with Crippen molar-refractivity contribution in [1.82, 2.24) is 15.1 Å². The Morgan fingerprint density at radius 2 is 2.00 bits per heavy atom. The predicted octanol–water partition coefficient (Wildman–Crippen LogP) is 2.71. The highest BCUT2D eigenvalue weighted by Gasteiger charge is 2.09. The molecule has 0 amide bonds. The normalized spacial score (nSPS) is 10.9. The van der Waals surface area contributed by atoms with Crippen molar-refractivity contribution in [3.63, 3.8) is 0 Å². The van der Waals surface area contributed by atoms with Crippen LogP contribution in [0.2, 0.25) is 0 Å². The Morgan fingerprint density at radius 3 is 2.68 bits per heavy atom. The minimum atomic E-state index is -0.541. The minimum absolute atomic E-state index is 0.0404. The molecule has 1 heterocycles. The van der Waals surface area contributed by atoms with Crippen molar-refractivity contribution in [2.45, 2.75) is 26.4 Å². The molecule has 0 bridgehead atoms. The van der Waals surface area contributed by atoms with E-state index in [1.54, 1.807) is 17.1 Å². The van der Waals surface area contributed by atoms with E-state index in [4.69, 9.17) is 0 Å². The number of benzene rings is 1. The molecule has 5 heteroatoms. The van der Waals surface area contributed by atoms with E-state index in [2.05, 4.69) is 17.3 Å². The zero-order valence-electron chi connectivity index (χ0n) is 10.9. The molecule has 1 aromatic carbocycles. The van der Waals surface area contributed by atoms with Gasteiger partial charge in [0.2, 0.25) is 0 Å². The molecule has 2 rings (SSSR count). The number of rotatable bonds is 6. The largest absolute Gasteiger partial charge is 0.313 e. The molecule has 0 saturated heterocycles. The Kier molecular flexibility index (Phi) is 4.63. The molecule has 3 nitrogen and oxygen atoms in total. The van der Waals surface area contributed by atoms with Crippen LogP contribution < -0.4 is 5.32 Å². The lowest BCUT2D eigenvalue weighted by Gasteiger charge is -2.04. The first-order chi connectivity index (χ1) is 9.20. The molecule has 19 heavy (non-hydrogen) atoms. The number of nitrogens with one attached hydrogen (secondary N) is 1. The van der Waals surface area contributed by atoms with Crippen molar-refractivity contribution in [3.05, 3.63) is 53.4 Å². The Balaban J connectivity index is 2.03. The van der Waals surface area contributed by atoms with Gasteiger partial charge in [-0.2, -0.15) is 5.10 Å². The molecular formula is C14H17F2N3. The fraction of sp³-hybridized carbons (Fsp3) is 0.357. The highest BCUT2D eigenvalue weighted by molar-refractivity contribution is 5.20. The van der Waals surface area contributed by atoms with E-state index in [0.29, 0.717) is 6.54 Å². The smallest absolute Gasteiger partial charge is 0.131 e. The third kappa shape index (κ3) is 3.61. The molecule has 0 saturated carbocycles. The van der Waals surface area contributed by atoms with Gasteiger partial charge < -0.3 is 5.32 Å². The van der Waals surface area contributed by atoms with Crippen LogP contribution in [-0.2, 0) is 13.1 Å². The molecule has 0 atom stereocenters. The Bertz CT molecular complexity index is 517. The molecule has 0 aliphatic heterocycles.